The van der Waals surface area contributed by atoms with Gasteiger partial charge < -0.3 is 15.2 Å². The third-order valence-electron chi connectivity index (χ3n) is 5.10. The summed E-state index contributed by atoms with van der Waals surface area (Å²) in [7, 11) is 0. The Balaban J connectivity index is 1.84. The summed E-state index contributed by atoms with van der Waals surface area (Å²) in [4.78, 5) is 23.7. The highest BCUT2D eigenvalue weighted by Gasteiger charge is 2.51. The van der Waals surface area contributed by atoms with Crippen LogP contribution in [0.3, 0.4) is 0 Å². The first-order valence-electron chi connectivity index (χ1n) is 7.96. The number of carbonyl (C=O) groups is 2. The average molecular weight is 309 g/mol. The summed E-state index contributed by atoms with van der Waals surface area (Å²) in [5.74, 6) is -0.575. The van der Waals surface area contributed by atoms with Crippen LogP contribution in [-0.4, -0.2) is 30.7 Å². The molecule has 2 bridgehead atoms. The number of hydrogen-bond acceptors (Lipinski definition) is 5. The molecule has 5 nitrogen and oxygen atoms in total. The van der Waals surface area contributed by atoms with E-state index in [0.717, 1.165) is 44.6 Å². The minimum Gasteiger partial charge on any atom is -0.465 e. The van der Waals surface area contributed by atoms with E-state index in [0.29, 0.717) is 0 Å². The van der Waals surface area contributed by atoms with Crippen molar-refractivity contribution in [1.29, 1.82) is 0 Å². The molecule has 0 aromatic rings. The fourth-order valence-electron chi connectivity index (χ4n) is 3.30. The van der Waals surface area contributed by atoms with Crippen LogP contribution in [0.5, 0.6) is 0 Å². The molecule has 22 heavy (non-hydrogen) atoms. The average Bonchev–Trinajstić information content (AvgIpc) is 2.51. The highest BCUT2D eigenvalue weighted by atomic mass is 16.5. The van der Waals surface area contributed by atoms with Crippen molar-refractivity contribution in [2.24, 2.45) is 16.6 Å². The standard InChI is InChI=1S/C17H27NO4/c1-4-13(19)21-11-15(2,3)12-22-14(20)16-5-8-17(18,9-6-16)10-7-16/h4H,1,5-12,18H2,2-3H3. The van der Waals surface area contributed by atoms with Crippen molar-refractivity contribution in [2.45, 2.75) is 57.9 Å². The largest absolute Gasteiger partial charge is 0.465 e. The van der Waals surface area contributed by atoms with Gasteiger partial charge in [-0.25, -0.2) is 4.79 Å². The van der Waals surface area contributed by atoms with Gasteiger partial charge in [0.1, 0.15) is 0 Å². The highest BCUT2D eigenvalue weighted by Crippen LogP contribution is 2.51. The molecule has 0 aromatic carbocycles. The lowest BCUT2D eigenvalue weighted by molar-refractivity contribution is -0.167. The van der Waals surface area contributed by atoms with Crippen LogP contribution in [0.1, 0.15) is 52.4 Å². The molecule has 5 heteroatoms. The predicted molar refractivity (Wildman–Crippen MR) is 82.9 cm³/mol. The molecule has 0 saturated heterocycles. The van der Waals surface area contributed by atoms with E-state index >= 15 is 0 Å². The molecule has 3 rings (SSSR count). The lowest BCUT2D eigenvalue weighted by Gasteiger charge is -2.50. The number of hydrogen-bond donors (Lipinski definition) is 1. The molecule has 3 fully saturated rings. The Labute approximate surface area is 132 Å². The van der Waals surface area contributed by atoms with Gasteiger partial charge >= 0.3 is 11.9 Å². The summed E-state index contributed by atoms with van der Waals surface area (Å²) in [5, 5.41) is 0. The van der Waals surface area contributed by atoms with Crippen molar-refractivity contribution in [1.82, 2.24) is 0 Å². The molecule has 3 aliphatic carbocycles. The minimum absolute atomic E-state index is 0.0554. The van der Waals surface area contributed by atoms with Crippen LogP contribution in [0.4, 0.5) is 0 Å². The van der Waals surface area contributed by atoms with E-state index in [1.54, 1.807) is 0 Å². The normalized spacial score (nSPS) is 30.7. The van der Waals surface area contributed by atoms with Crippen LogP contribution in [0.15, 0.2) is 12.7 Å². The zero-order chi connectivity index (χ0) is 16.4. The first-order chi connectivity index (χ1) is 10.2. The van der Waals surface area contributed by atoms with E-state index in [4.69, 9.17) is 15.2 Å². The third kappa shape index (κ3) is 3.69. The monoisotopic (exact) mass is 309 g/mol. The minimum atomic E-state index is -0.461. The molecule has 124 valence electrons. The van der Waals surface area contributed by atoms with Crippen molar-refractivity contribution in [3.63, 3.8) is 0 Å². The van der Waals surface area contributed by atoms with Gasteiger partial charge in [-0.1, -0.05) is 20.4 Å². The topological polar surface area (TPSA) is 78.6 Å². The summed E-state index contributed by atoms with van der Waals surface area (Å²) >= 11 is 0. The summed E-state index contributed by atoms with van der Waals surface area (Å²) in [5.41, 5.74) is 5.47. The summed E-state index contributed by atoms with van der Waals surface area (Å²) < 4.78 is 10.6. The van der Waals surface area contributed by atoms with Crippen molar-refractivity contribution in [3.8, 4) is 0 Å². The van der Waals surface area contributed by atoms with Gasteiger partial charge in [-0.3, -0.25) is 4.79 Å². The van der Waals surface area contributed by atoms with Crippen molar-refractivity contribution in [2.75, 3.05) is 13.2 Å². The number of rotatable bonds is 6. The molecule has 2 N–H and O–H groups in total. The molecule has 3 aliphatic rings. The quantitative estimate of drug-likeness (QED) is 0.602. The fraction of sp³-hybridized carbons (Fsp3) is 0.765. The van der Waals surface area contributed by atoms with E-state index in [1.165, 1.54) is 0 Å². The number of ether oxygens (including phenoxy) is 2. The Morgan fingerprint density at radius 1 is 1.09 bits per heavy atom. The molecule has 0 amide bonds. The van der Waals surface area contributed by atoms with Crippen LogP contribution >= 0.6 is 0 Å². The Morgan fingerprint density at radius 3 is 2.09 bits per heavy atom. The van der Waals surface area contributed by atoms with Crippen LogP contribution in [0, 0.1) is 10.8 Å². The molecule has 3 saturated carbocycles. The van der Waals surface area contributed by atoms with Gasteiger partial charge in [0.15, 0.2) is 0 Å². The molecule has 0 atom stereocenters. The van der Waals surface area contributed by atoms with Crippen molar-refractivity contribution in [3.05, 3.63) is 12.7 Å². The maximum absolute atomic E-state index is 12.5. The first kappa shape index (κ1) is 17.0. The Morgan fingerprint density at radius 2 is 1.59 bits per heavy atom. The van der Waals surface area contributed by atoms with Gasteiger partial charge in [0.05, 0.1) is 18.6 Å². The van der Waals surface area contributed by atoms with E-state index in [-0.39, 0.29) is 30.1 Å². The maximum atomic E-state index is 12.5. The summed E-state index contributed by atoms with van der Waals surface area (Å²) in [6.45, 7) is 7.60. The second-order valence-electron chi connectivity index (χ2n) is 7.69. The molecular formula is C17H27NO4. The Hall–Kier alpha value is -1.36. The van der Waals surface area contributed by atoms with Gasteiger partial charge in [0.2, 0.25) is 0 Å². The van der Waals surface area contributed by atoms with Gasteiger partial charge in [-0.2, -0.15) is 0 Å². The number of fused-ring (bicyclic) bond motifs is 3. The smallest absolute Gasteiger partial charge is 0.330 e. The molecule has 0 aliphatic heterocycles. The zero-order valence-corrected chi connectivity index (χ0v) is 13.7. The van der Waals surface area contributed by atoms with E-state index < -0.39 is 11.4 Å². The lowest BCUT2D eigenvalue weighted by atomic mass is 9.57. The van der Waals surface area contributed by atoms with Crippen molar-refractivity contribution >= 4 is 11.9 Å². The zero-order valence-electron chi connectivity index (χ0n) is 13.7. The van der Waals surface area contributed by atoms with Crippen LogP contribution in [-0.2, 0) is 19.1 Å². The SMILES string of the molecule is C=CC(=O)OCC(C)(C)COC(=O)C12CCC(N)(CC1)CC2. The highest BCUT2D eigenvalue weighted by molar-refractivity contribution is 5.81. The third-order valence-corrected chi connectivity index (χ3v) is 5.10. The molecule has 0 spiro atoms. The van der Waals surface area contributed by atoms with Crippen LogP contribution in [0.2, 0.25) is 0 Å². The summed E-state index contributed by atoms with van der Waals surface area (Å²) in [6, 6.07) is 0. The second-order valence-corrected chi connectivity index (χ2v) is 7.69. The van der Waals surface area contributed by atoms with E-state index in [9.17, 15) is 9.59 Å². The van der Waals surface area contributed by atoms with Crippen molar-refractivity contribution < 1.29 is 19.1 Å². The van der Waals surface area contributed by atoms with Gasteiger partial charge in [0, 0.05) is 17.0 Å². The molecule has 0 aromatic heterocycles. The second kappa shape index (κ2) is 6.03. The first-order valence-corrected chi connectivity index (χ1v) is 7.96. The molecular weight excluding hydrogens is 282 g/mol. The fourth-order valence-corrected chi connectivity index (χ4v) is 3.30. The van der Waals surface area contributed by atoms with Crippen LogP contribution in [0.25, 0.3) is 0 Å². The predicted octanol–water partition coefficient (Wildman–Crippen LogP) is 2.34. The van der Waals surface area contributed by atoms with Gasteiger partial charge in [0.25, 0.3) is 0 Å². The van der Waals surface area contributed by atoms with Gasteiger partial charge in [-0.05, 0) is 38.5 Å². The lowest BCUT2D eigenvalue weighted by Crippen LogP contribution is -2.54. The van der Waals surface area contributed by atoms with E-state index in [2.05, 4.69) is 6.58 Å². The molecule has 0 unspecified atom stereocenters. The Bertz CT molecular complexity index is 445. The Kier molecular flexibility index (Phi) is 4.66. The molecule has 0 radical (unpaired) electrons. The maximum Gasteiger partial charge on any atom is 0.330 e. The number of carbonyl (C=O) groups excluding carboxylic acids is 2. The molecule has 0 heterocycles. The van der Waals surface area contributed by atoms with E-state index in [1.807, 2.05) is 13.8 Å². The van der Waals surface area contributed by atoms with Gasteiger partial charge in [-0.15, -0.1) is 0 Å². The summed E-state index contributed by atoms with van der Waals surface area (Å²) in [6.07, 6.45) is 6.33. The number of nitrogens with two attached hydrogens (primary N) is 1. The van der Waals surface area contributed by atoms with Crippen LogP contribution < -0.4 is 5.73 Å². The number of esters is 2.